The highest BCUT2D eigenvalue weighted by Crippen LogP contribution is 2.40. The second-order valence-corrected chi connectivity index (χ2v) is 4.45. The van der Waals surface area contributed by atoms with Crippen molar-refractivity contribution >= 4 is 12.2 Å². The fourth-order valence-corrected chi connectivity index (χ4v) is 2.48. The molecule has 3 heterocycles. The number of hydrogen-bond acceptors (Lipinski definition) is 4. The first-order chi connectivity index (χ1) is 7.31. The fraction of sp³-hybridized carbons (Fsp3) is 0.500. The molecule has 0 aromatic carbocycles. The zero-order valence-electron chi connectivity index (χ0n) is 8.33. The molecule has 2 aliphatic heterocycles. The summed E-state index contributed by atoms with van der Waals surface area (Å²) < 4.78 is 0. The molecule has 0 radical (unpaired) electrons. The molecular weight excluding hydrogens is 192 g/mol. The van der Waals surface area contributed by atoms with Gasteiger partial charge in [0.1, 0.15) is 0 Å². The van der Waals surface area contributed by atoms with Crippen molar-refractivity contribution in [1.82, 2.24) is 15.1 Å². The molecule has 15 heavy (non-hydrogen) atoms. The predicted molar refractivity (Wildman–Crippen MR) is 54.3 cm³/mol. The Morgan fingerprint density at radius 3 is 2.73 bits per heavy atom. The first kappa shape index (κ1) is 8.64. The molecule has 1 spiro atoms. The Morgan fingerprint density at radius 2 is 2.13 bits per heavy atom. The van der Waals surface area contributed by atoms with Gasteiger partial charge in [-0.25, -0.2) is 0 Å². The highest BCUT2D eigenvalue weighted by Gasteiger charge is 2.51. The summed E-state index contributed by atoms with van der Waals surface area (Å²) in [5.74, 6) is 0.938. The van der Waals surface area contributed by atoms with Crippen LogP contribution in [-0.2, 0) is 4.79 Å². The van der Waals surface area contributed by atoms with E-state index in [4.69, 9.17) is 0 Å². The smallest absolute Gasteiger partial charge is 0.209 e. The Bertz CT molecular complexity index is 366. The van der Waals surface area contributed by atoms with Crippen molar-refractivity contribution in [2.24, 2.45) is 5.41 Å². The highest BCUT2D eigenvalue weighted by molar-refractivity contribution is 5.52. The van der Waals surface area contributed by atoms with E-state index < -0.39 is 0 Å². The van der Waals surface area contributed by atoms with Crippen LogP contribution in [0.3, 0.4) is 0 Å². The molecule has 1 aromatic heterocycles. The van der Waals surface area contributed by atoms with Gasteiger partial charge in [-0.2, -0.15) is 5.10 Å². The average Bonchev–Trinajstić information content (AvgIpc) is 2.16. The summed E-state index contributed by atoms with van der Waals surface area (Å²) in [4.78, 5) is 14.5. The monoisotopic (exact) mass is 204 g/mol. The SMILES string of the molecule is O=CN1CC2(C1)CN(c1cccnn1)C2. The molecule has 2 aliphatic rings. The van der Waals surface area contributed by atoms with E-state index in [1.165, 1.54) is 0 Å². The topological polar surface area (TPSA) is 49.3 Å². The van der Waals surface area contributed by atoms with Crippen molar-refractivity contribution in [2.75, 3.05) is 31.1 Å². The van der Waals surface area contributed by atoms with E-state index in [2.05, 4.69) is 15.1 Å². The first-order valence-electron chi connectivity index (χ1n) is 5.03. The van der Waals surface area contributed by atoms with E-state index in [-0.39, 0.29) is 0 Å². The van der Waals surface area contributed by atoms with Crippen LogP contribution in [0.4, 0.5) is 5.82 Å². The number of anilines is 1. The lowest BCUT2D eigenvalue weighted by Crippen LogP contribution is -2.72. The molecule has 0 atom stereocenters. The highest BCUT2D eigenvalue weighted by atomic mass is 16.1. The van der Waals surface area contributed by atoms with Crippen molar-refractivity contribution in [1.29, 1.82) is 0 Å². The zero-order chi connectivity index (χ0) is 10.3. The van der Waals surface area contributed by atoms with Crippen LogP contribution in [0.15, 0.2) is 18.3 Å². The van der Waals surface area contributed by atoms with Gasteiger partial charge in [0.2, 0.25) is 6.41 Å². The van der Waals surface area contributed by atoms with E-state index in [1.54, 1.807) is 6.20 Å². The molecule has 3 rings (SSSR count). The minimum absolute atomic E-state index is 0.346. The molecule has 5 nitrogen and oxygen atoms in total. The summed E-state index contributed by atoms with van der Waals surface area (Å²) in [6, 6.07) is 3.86. The van der Waals surface area contributed by atoms with E-state index in [0.717, 1.165) is 38.4 Å². The summed E-state index contributed by atoms with van der Waals surface area (Å²) in [5.41, 5.74) is 0.346. The maximum Gasteiger partial charge on any atom is 0.209 e. The number of likely N-dealkylation sites (tertiary alicyclic amines) is 1. The van der Waals surface area contributed by atoms with Gasteiger partial charge in [0.25, 0.3) is 0 Å². The summed E-state index contributed by atoms with van der Waals surface area (Å²) >= 11 is 0. The van der Waals surface area contributed by atoms with Gasteiger partial charge in [0.05, 0.1) is 0 Å². The molecule has 2 saturated heterocycles. The molecule has 0 N–H and O–H groups in total. The quantitative estimate of drug-likeness (QED) is 0.624. The largest absolute Gasteiger partial charge is 0.354 e. The van der Waals surface area contributed by atoms with E-state index in [1.807, 2.05) is 17.0 Å². The van der Waals surface area contributed by atoms with Crippen LogP contribution in [0.5, 0.6) is 0 Å². The number of amides is 1. The second-order valence-electron chi connectivity index (χ2n) is 4.45. The molecule has 1 aromatic rings. The summed E-state index contributed by atoms with van der Waals surface area (Å²) in [6.07, 6.45) is 2.60. The van der Waals surface area contributed by atoms with Crippen LogP contribution in [0, 0.1) is 5.41 Å². The summed E-state index contributed by atoms with van der Waals surface area (Å²) in [7, 11) is 0. The minimum Gasteiger partial charge on any atom is -0.354 e. The molecule has 1 amide bonds. The normalized spacial score (nSPS) is 22.1. The van der Waals surface area contributed by atoms with Crippen molar-refractivity contribution < 1.29 is 4.79 Å². The Hall–Kier alpha value is -1.65. The molecule has 0 aliphatic carbocycles. The lowest BCUT2D eigenvalue weighted by Gasteiger charge is -2.59. The van der Waals surface area contributed by atoms with Gasteiger partial charge in [-0.15, -0.1) is 5.10 Å². The second kappa shape index (κ2) is 2.92. The molecule has 2 fully saturated rings. The van der Waals surface area contributed by atoms with Crippen LogP contribution in [-0.4, -0.2) is 47.7 Å². The van der Waals surface area contributed by atoms with E-state index in [0.29, 0.717) is 5.41 Å². The number of hydrogen-bond donors (Lipinski definition) is 0. The zero-order valence-corrected chi connectivity index (χ0v) is 8.33. The lowest BCUT2D eigenvalue weighted by molar-refractivity contribution is -0.131. The van der Waals surface area contributed by atoms with Gasteiger partial charge in [-0.3, -0.25) is 4.79 Å². The van der Waals surface area contributed by atoms with Gasteiger partial charge >= 0.3 is 0 Å². The predicted octanol–water partition coefficient (Wildman–Crippen LogP) is -0.245. The molecule has 0 bridgehead atoms. The van der Waals surface area contributed by atoms with E-state index in [9.17, 15) is 4.79 Å². The Balaban J connectivity index is 1.61. The van der Waals surface area contributed by atoms with Crippen LogP contribution in [0.1, 0.15) is 0 Å². The third-order valence-corrected chi connectivity index (χ3v) is 3.16. The van der Waals surface area contributed by atoms with E-state index >= 15 is 0 Å². The number of carbonyl (C=O) groups is 1. The van der Waals surface area contributed by atoms with Gasteiger partial charge in [-0.05, 0) is 12.1 Å². The van der Waals surface area contributed by atoms with Gasteiger partial charge in [0, 0.05) is 37.8 Å². The standard InChI is InChI=1S/C10H12N4O/c15-8-13-4-10(5-13)6-14(7-10)9-2-1-3-11-12-9/h1-3,8H,4-7H2. The van der Waals surface area contributed by atoms with Crippen LogP contribution >= 0.6 is 0 Å². The Kier molecular flexibility index (Phi) is 1.68. The number of nitrogens with zero attached hydrogens (tertiary/aromatic N) is 4. The molecule has 5 heteroatoms. The van der Waals surface area contributed by atoms with Crippen molar-refractivity contribution in [3.05, 3.63) is 18.3 Å². The van der Waals surface area contributed by atoms with Crippen LogP contribution < -0.4 is 4.90 Å². The minimum atomic E-state index is 0.346. The number of aromatic nitrogens is 2. The maximum atomic E-state index is 10.5. The molecule has 78 valence electrons. The Morgan fingerprint density at radius 1 is 1.33 bits per heavy atom. The van der Waals surface area contributed by atoms with Gasteiger partial charge in [-0.1, -0.05) is 0 Å². The number of carbonyl (C=O) groups excluding carboxylic acids is 1. The average molecular weight is 204 g/mol. The molecule has 0 saturated carbocycles. The third-order valence-electron chi connectivity index (χ3n) is 3.16. The maximum absolute atomic E-state index is 10.5. The summed E-state index contributed by atoms with van der Waals surface area (Å²) in [6.45, 7) is 3.78. The van der Waals surface area contributed by atoms with Crippen LogP contribution in [0.25, 0.3) is 0 Å². The Labute approximate surface area is 87.7 Å². The van der Waals surface area contributed by atoms with Gasteiger partial charge < -0.3 is 9.80 Å². The van der Waals surface area contributed by atoms with Crippen molar-refractivity contribution in [2.45, 2.75) is 0 Å². The molecule has 0 unspecified atom stereocenters. The van der Waals surface area contributed by atoms with Gasteiger partial charge in [0.15, 0.2) is 5.82 Å². The van der Waals surface area contributed by atoms with Crippen molar-refractivity contribution in [3.63, 3.8) is 0 Å². The van der Waals surface area contributed by atoms with Crippen LogP contribution in [0.2, 0.25) is 0 Å². The lowest BCUT2D eigenvalue weighted by atomic mass is 9.73. The molecular formula is C10H12N4O. The number of rotatable bonds is 2. The van der Waals surface area contributed by atoms with Crippen molar-refractivity contribution in [3.8, 4) is 0 Å². The summed E-state index contributed by atoms with van der Waals surface area (Å²) in [5, 5.41) is 7.91. The fourth-order valence-electron chi connectivity index (χ4n) is 2.48. The third kappa shape index (κ3) is 1.26. The first-order valence-corrected chi connectivity index (χ1v) is 5.03.